The molecule has 1 atom stereocenters. The average Bonchev–Trinajstić information content (AvgIpc) is 2.86. The number of imidazole rings is 1. The number of aryl methyl sites for hydroxylation is 1. The van der Waals surface area contributed by atoms with Gasteiger partial charge in [0.05, 0.1) is 0 Å². The van der Waals surface area contributed by atoms with E-state index in [-0.39, 0.29) is 10.6 Å². The first-order chi connectivity index (χ1) is 8.66. The van der Waals surface area contributed by atoms with Crippen molar-refractivity contribution in [3.63, 3.8) is 0 Å². The Balaban J connectivity index is 1.93. The number of rotatable bonds is 5. The van der Waals surface area contributed by atoms with Gasteiger partial charge in [0, 0.05) is 11.4 Å². The van der Waals surface area contributed by atoms with Crippen molar-refractivity contribution in [2.45, 2.75) is 17.8 Å². The van der Waals surface area contributed by atoms with Gasteiger partial charge in [-0.3, -0.25) is 0 Å². The number of nitro groups is 1. The molecular weight excluding hydrogens is 298 g/mol. The van der Waals surface area contributed by atoms with Crippen LogP contribution in [0.15, 0.2) is 42.9 Å². The van der Waals surface area contributed by atoms with Crippen LogP contribution in [0.1, 0.15) is 16.8 Å². The Morgan fingerprint density at radius 3 is 2.72 bits per heavy atom. The van der Waals surface area contributed by atoms with E-state index < -0.39 is 4.92 Å². The van der Waals surface area contributed by atoms with Crippen molar-refractivity contribution < 1.29 is 4.92 Å². The van der Waals surface area contributed by atoms with Gasteiger partial charge in [-0.25, -0.2) is 0 Å². The highest BCUT2D eigenvalue weighted by Crippen LogP contribution is 2.26. The van der Waals surface area contributed by atoms with E-state index in [0.717, 1.165) is 6.42 Å². The summed E-state index contributed by atoms with van der Waals surface area (Å²) in [6.07, 6.45) is 3.78. The van der Waals surface area contributed by atoms with Gasteiger partial charge in [0.1, 0.15) is 6.20 Å². The molecule has 2 aromatic rings. The molecule has 18 heavy (non-hydrogen) atoms. The Bertz CT molecular complexity index is 527. The van der Waals surface area contributed by atoms with Crippen molar-refractivity contribution in [2.24, 2.45) is 0 Å². The van der Waals surface area contributed by atoms with Crippen LogP contribution in [0.4, 0.5) is 5.82 Å². The maximum atomic E-state index is 10.5. The van der Waals surface area contributed by atoms with Gasteiger partial charge in [0.15, 0.2) is 0 Å². The zero-order valence-electron chi connectivity index (χ0n) is 9.57. The van der Waals surface area contributed by atoms with Crippen LogP contribution in [0.2, 0.25) is 0 Å². The maximum absolute atomic E-state index is 10.5. The maximum Gasteiger partial charge on any atom is 0.381 e. The van der Waals surface area contributed by atoms with Crippen molar-refractivity contribution in [1.29, 1.82) is 0 Å². The molecular formula is C12H12BrN3O2. The Morgan fingerprint density at radius 1 is 1.39 bits per heavy atom. The Hall–Kier alpha value is -1.69. The van der Waals surface area contributed by atoms with Crippen molar-refractivity contribution in [2.75, 3.05) is 0 Å². The highest BCUT2D eigenvalue weighted by atomic mass is 79.9. The topological polar surface area (TPSA) is 61.0 Å². The van der Waals surface area contributed by atoms with E-state index in [1.54, 1.807) is 4.57 Å². The zero-order valence-corrected chi connectivity index (χ0v) is 11.2. The molecule has 0 spiro atoms. The first kappa shape index (κ1) is 12.8. The van der Waals surface area contributed by atoms with Crippen molar-refractivity contribution >= 4 is 21.7 Å². The molecule has 1 heterocycles. The molecule has 0 saturated heterocycles. The predicted molar refractivity (Wildman–Crippen MR) is 71.6 cm³/mol. The second-order valence-electron chi connectivity index (χ2n) is 3.89. The summed E-state index contributed by atoms with van der Waals surface area (Å²) in [4.78, 5) is 14.0. The van der Waals surface area contributed by atoms with E-state index in [0.29, 0.717) is 6.54 Å². The second-order valence-corrected chi connectivity index (χ2v) is 5.00. The minimum Gasteiger partial charge on any atom is -0.358 e. The first-order valence-electron chi connectivity index (χ1n) is 5.52. The number of alkyl halides is 1. The van der Waals surface area contributed by atoms with Gasteiger partial charge < -0.3 is 14.7 Å². The van der Waals surface area contributed by atoms with Crippen LogP contribution in [0.3, 0.4) is 0 Å². The van der Waals surface area contributed by atoms with Crippen LogP contribution in [0.5, 0.6) is 0 Å². The van der Waals surface area contributed by atoms with Gasteiger partial charge in [-0.05, 0) is 21.9 Å². The molecule has 94 valence electrons. The number of aromatic nitrogens is 2. The summed E-state index contributed by atoms with van der Waals surface area (Å²) in [6.45, 7) is 0.686. The minimum absolute atomic E-state index is 0.110. The molecule has 0 bridgehead atoms. The van der Waals surface area contributed by atoms with Crippen LogP contribution < -0.4 is 0 Å². The van der Waals surface area contributed by atoms with Gasteiger partial charge in [-0.2, -0.15) is 0 Å². The third-order valence-corrected chi connectivity index (χ3v) is 3.60. The SMILES string of the molecule is O=[N+]([O-])c1cn(CCC(Br)c2ccccc2)cn1. The van der Waals surface area contributed by atoms with Crippen molar-refractivity contribution in [3.8, 4) is 0 Å². The molecule has 1 unspecified atom stereocenters. The molecule has 0 N–H and O–H groups in total. The molecule has 0 saturated carbocycles. The Kier molecular flexibility index (Phi) is 4.09. The molecule has 0 aliphatic rings. The summed E-state index contributed by atoms with van der Waals surface area (Å²) >= 11 is 3.61. The van der Waals surface area contributed by atoms with Crippen LogP contribution in [-0.4, -0.2) is 14.5 Å². The van der Waals surface area contributed by atoms with E-state index in [4.69, 9.17) is 0 Å². The lowest BCUT2D eigenvalue weighted by Crippen LogP contribution is -1.99. The van der Waals surface area contributed by atoms with Crippen molar-refractivity contribution in [3.05, 3.63) is 58.5 Å². The smallest absolute Gasteiger partial charge is 0.358 e. The fourth-order valence-electron chi connectivity index (χ4n) is 1.66. The fraction of sp³-hybridized carbons (Fsp3) is 0.250. The summed E-state index contributed by atoms with van der Waals surface area (Å²) in [5.41, 5.74) is 1.20. The lowest BCUT2D eigenvalue weighted by molar-refractivity contribution is -0.389. The highest BCUT2D eigenvalue weighted by molar-refractivity contribution is 9.09. The number of nitrogens with zero attached hydrogens (tertiary/aromatic N) is 3. The molecule has 5 nitrogen and oxygen atoms in total. The van der Waals surface area contributed by atoms with Crippen molar-refractivity contribution in [1.82, 2.24) is 9.55 Å². The molecule has 0 aliphatic heterocycles. The normalized spacial score (nSPS) is 12.3. The standard InChI is InChI=1S/C12H12BrN3O2/c13-11(10-4-2-1-3-5-10)6-7-15-8-12(14-9-15)16(17)18/h1-5,8-9,11H,6-7H2. The number of benzene rings is 1. The molecule has 6 heteroatoms. The van der Waals surface area contributed by atoms with Gasteiger partial charge in [0.2, 0.25) is 6.33 Å². The second kappa shape index (κ2) is 5.77. The van der Waals surface area contributed by atoms with Gasteiger partial charge in [-0.15, -0.1) is 0 Å². The molecule has 0 amide bonds. The van der Waals surface area contributed by atoms with Gasteiger partial charge in [-0.1, -0.05) is 46.3 Å². The molecule has 1 aromatic heterocycles. The molecule has 1 aromatic carbocycles. The number of hydrogen-bond acceptors (Lipinski definition) is 3. The average molecular weight is 310 g/mol. The number of hydrogen-bond donors (Lipinski definition) is 0. The minimum atomic E-state index is -0.487. The summed E-state index contributed by atoms with van der Waals surface area (Å²) < 4.78 is 1.73. The zero-order chi connectivity index (χ0) is 13.0. The summed E-state index contributed by atoms with van der Waals surface area (Å²) in [5.74, 6) is -0.110. The van der Waals surface area contributed by atoms with E-state index in [1.807, 2.05) is 18.2 Å². The lowest BCUT2D eigenvalue weighted by atomic mass is 10.1. The quantitative estimate of drug-likeness (QED) is 0.483. The van der Waals surface area contributed by atoms with Crippen LogP contribution in [0, 0.1) is 10.1 Å². The van der Waals surface area contributed by atoms with Gasteiger partial charge >= 0.3 is 5.82 Å². The highest BCUT2D eigenvalue weighted by Gasteiger charge is 2.11. The summed E-state index contributed by atoms with van der Waals surface area (Å²) in [5, 5.41) is 10.5. The summed E-state index contributed by atoms with van der Waals surface area (Å²) in [6, 6.07) is 10.1. The lowest BCUT2D eigenvalue weighted by Gasteiger charge is -2.09. The molecule has 2 rings (SSSR count). The third-order valence-electron chi connectivity index (χ3n) is 2.61. The monoisotopic (exact) mass is 309 g/mol. The van der Waals surface area contributed by atoms with Crippen LogP contribution >= 0.6 is 15.9 Å². The van der Waals surface area contributed by atoms with E-state index in [2.05, 4.69) is 33.0 Å². The largest absolute Gasteiger partial charge is 0.381 e. The Labute approximate surface area is 113 Å². The van der Waals surface area contributed by atoms with Crippen LogP contribution in [0.25, 0.3) is 0 Å². The molecule has 0 radical (unpaired) electrons. The molecule has 0 aliphatic carbocycles. The third kappa shape index (κ3) is 3.16. The van der Waals surface area contributed by atoms with E-state index >= 15 is 0 Å². The van der Waals surface area contributed by atoms with Crippen LogP contribution in [-0.2, 0) is 6.54 Å². The predicted octanol–water partition coefficient (Wildman–Crippen LogP) is 3.32. The number of halogens is 1. The summed E-state index contributed by atoms with van der Waals surface area (Å²) in [7, 11) is 0. The Morgan fingerprint density at radius 2 is 2.11 bits per heavy atom. The van der Waals surface area contributed by atoms with Gasteiger partial charge in [0.25, 0.3) is 0 Å². The fourth-order valence-corrected chi connectivity index (χ4v) is 2.17. The van der Waals surface area contributed by atoms with E-state index in [1.165, 1.54) is 18.1 Å². The van der Waals surface area contributed by atoms with E-state index in [9.17, 15) is 10.1 Å². The molecule has 0 fully saturated rings. The first-order valence-corrected chi connectivity index (χ1v) is 6.43.